The molecule has 6 nitrogen and oxygen atoms in total. The SMILES string of the molecule is CCC(C(C(=O)Nc1cccc(CC2CC2)c1)c1ccc(CN2N=C(c3ccccc3)OCC2=O)cc1)C(F)(F)F. The molecule has 1 fully saturated rings. The van der Waals surface area contributed by atoms with Crippen LogP contribution in [0.1, 0.15) is 54.4 Å². The van der Waals surface area contributed by atoms with E-state index in [-0.39, 0.29) is 31.0 Å². The molecule has 0 bridgehead atoms. The van der Waals surface area contributed by atoms with Gasteiger partial charge in [0.05, 0.1) is 18.4 Å². The van der Waals surface area contributed by atoms with E-state index in [2.05, 4.69) is 10.4 Å². The highest BCUT2D eigenvalue weighted by atomic mass is 19.4. The third-order valence-corrected chi connectivity index (χ3v) is 7.48. The predicted octanol–water partition coefficient (Wildman–Crippen LogP) is 6.67. The van der Waals surface area contributed by atoms with Gasteiger partial charge in [0.1, 0.15) is 0 Å². The van der Waals surface area contributed by atoms with E-state index in [0.29, 0.717) is 23.1 Å². The van der Waals surface area contributed by atoms with Crippen LogP contribution < -0.4 is 5.32 Å². The Morgan fingerprint density at radius 2 is 1.76 bits per heavy atom. The average molecular weight is 564 g/mol. The molecule has 0 spiro atoms. The fourth-order valence-electron chi connectivity index (χ4n) is 5.12. The number of halogens is 3. The lowest BCUT2D eigenvalue weighted by atomic mass is 9.82. The van der Waals surface area contributed by atoms with Gasteiger partial charge in [0.25, 0.3) is 5.91 Å². The van der Waals surface area contributed by atoms with Gasteiger partial charge in [-0.25, -0.2) is 5.01 Å². The second-order valence-electron chi connectivity index (χ2n) is 10.6. The Labute approximate surface area is 237 Å². The molecule has 5 rings (SSSR count). The summed E-state index contributed by atoms with van der Waals surface area (Å²) >= 11 is 0. The number of amides is 2. The van der Waals surface area contributed by atoms with Gasteiger partial charge in [-0.05, 0) is 72.6 Å². The number of carbonyl (C=O) groups excluding carboxylic acids is 2. The molecule has 2 unspecified atom stereocenters. The highest BCUT2D eigenvalue weighted by Gasteiger charge is 2.46. The van der Waals surface area contributed by atoms with Gasteiger partial charge in [-0.2, -0.15) is 13.2 Å². The van der Waals surface area contributed by atoms with E-state index in [1.54, 1.807) is 18.2 Å². The van der Waals surface area contributed by atoms with Gasteiger partial charge in [-0.3, -0.25) is 9.59 Å². The molecule has 1 N–H and O–H groups in total. The summed E-state index contributed by atoms with van der Waals surface area (Å²) in [6.45, 7) is 1.38. The largest absolute Gasteiger partial charge is 0.466 e. The number of anilines is 1. The number of rotatable bonds is 10. The van der Waals surface area contributed by atoms with E-state index in [1.165, 1.54) is 36.9 Å². The summed E-state index contributed by atoms with van der Waals surface area (Å²) in [5.74, 6) is -3.37. The zero-order valence-electron chi connectivity index (χ0n) is 22.7. The molecule has 3 aromatic carbocycles. The minimum absolute atomic E-state index is 0.111. The summed E-state index contributed by atoms with van der Waals surface area (Å²) in [7, 11) is 0. The van der Waals surface area contributed by atoms with Crippen LogP contribution >= 0.6 is 0 Å². The molecule has 1 heterocycles. The molecule has 2 amide bonds. The smallest absolute Gasteiger partial charge is 0.392 e. The van der Waals surface area contributed by atoms with Gasteiger partial charge in [-0.15, -0.1) is 5.10 Å². The first-order chi connectivity index (χ1) is 19.7. The van der Waals surface area contributed by atoms with Crippen molar-refractivity contribution in [2.75, 3.05) is 11.9 Å². The topological polar surface area (TPSA) is 71.0 Å². The Morgan fingerprint density at radius 1 is 1.02 bits per heavy atom. The van der Waals surface area contributed by atoms with Crippen LogP contribution in [-0.4, -0.2) is 35.5 Å². The zero-order valence-corrected chi connectivity index (χ0v) is 22.7. The van der Waals surface area contributed by atoms with E-state index in [1.807, 2.05) is 48.5 Å². The predicted molar refractivity (Wildman–Crippen MR) is 150 cm³/mol. The lowest BCUT2D eigenvalue weighted by molar-refractivity contribution is -0.183. The third-order valence-electron chi connectivity index (χ3n) is 7.48. The molecule has 1 aliphatic heterocycles. The fraction of sp³-hybridized carbons (Fsp3) is 0.344. The molecule has 1 saturated carbocycles. The molecule has 0 saturated heterocycles. The number of alkyl halides is 3. The highest BCUT2D eigenvalue weighted by molar-refractivity contribution is 5.98. The molecule has 9 heteroatoms. The van der Waals surface area contributed by atoms with Crippen LogP contribution in [0.15, 0.2) is 84.0 Å². The van der Waals surface area contributed by atoms with Crippen molar-refractivity contribution in [3.63, 3.8) is 0 Å². The Morgan fingerprint density at radius 3 is 2.41 bits per heavy atom. The van der Waals surface area contributed by atoms with Crippen molar-refractivity contribution in [2.24, 2.45) is 16.9 Å². The first-order valence-electron chi connectivity index (χ1n) is 13.8. The lowest BCUT2D eigenvalue weighted by Gasteiger charge is -2.28. The summed E-state index contributed by atoms with van der Waals surface area (Å²) < 4.78 is 47.9. The number of hydrogen-bond acceptors (Lipinski definition) is 4. The van der Waals surface area contributed by atoms with Crippen molar-refractivity contribution in [1.29, 1.82) is 0 Å². The minimum Gasteiger partial charge on any atom is -0.466 e. The van der Waals surface area contributed by atoms with Crippen LogP contribution in [0.25, 0.3) is 0 Å². The summed E-state index contributed by atoms with van der Waals surface area (Å²) in [5.41, 5.74) is 3.19. The Kier molecular flexibility index (Phi) is 8.42. The third kappa shape index (κ3) is 7.14. The van der Waals surface area contributed by atoms with Crippen molar-refractivity contribution in [1.82, 2.24) is 5.01 Å². The number of hydrogen-bond donors (Lipinski definition) is 1. The Balaban J connectivity index is 1.36. The molecule has 0 radical (unpaired) electrons. The normalized spacial score (nSPS) is 16.9. The van der Waals surface area contributed by atoms with Crippen LogP contribution in [0.3, 0.4) is 0 Å². The number of nitrogens with zero attached hydrogens (tertiary/aromatic N) is 2. The monoisotopic (exact) mass is 563 g/mol. The number of hydrazone groups is 1. The maximum Gasteiger partial charge on any atom is 0.392 e. The Hall–Kier alpha value is -4.14. The molecule has 2 atom stereocenters. The number of nitrogens with one attached hydrogen (secondary N) is 1. The van der Waals surface area contributed by atoms with E-state index < -0.39 is 23.9 Å². The molecule has 214 valence electrons. The van der Waals surface area contributed by atoms with Crippen molar-refractivity contribution < 1.29 is 27.5 Å². The maximum absolute atomic E-state index is 14.1. The number of carbonyl (C=O) groups is 2. The van der Waals surface area contributed by atoms with Crippen LogP contribution in [0.2, 0.25) is 0 Å². The highest BCUT2D eigenvalue weighted by Crippen LogP contribution is 2.41. The molecule has 2 aliphatic rings. The number of benzene rings is 3. The summed E-state index contributed by atoms with van der Waals surface area (Å²) in [6, 6.07) is 22.8. The minimum atomic E-state index is -4.56. The molecule has 0 aromatic heterocycles. The van der Waals surface area contributed by atoms with Crippen molar-refractivity contribution in [3.8, 4) is 0 Å². The van der Waals surface area contributed by atoms with E-state index >= 15 is 0 Å². The Bertz CT molecular complexity index is 1400. The lowest BCUT2D eigenvalue weighted by Crippen LogP contribution is -2.36. The summed E-state index contributed by atoms with van der Waals surface area (Å²) in [5, 5.41) is 8.36. The molecule has 41 heavy (non-hydrogen) atoms. The first-order valence-corrected chi connectivity index (χ1v) is 13.8. The van der Waals surface area contributed by atoms with Crippen molar-refractivity contribution in [2.45, 2.75) is 51.2 Å². The maximum atomic E-state index is 14.1. The van der Waals surface area contributed by atoms with Crippen molar-refractivity contribution >= 4 is 23.4 Å². The standard InChI is InChI=1S/C32H32F3N3O3/c1-2-27(32(33,34)35)29(30(40)36-26-10-6-7-23(18-26)17-21-11-12-21)24-15-13-22(14-16-24)19-38-28(39)20-41-31(37-38)25-8-4-3-5-9-25/h3-10,13-16,18,21,27,29H,2,11-12,17,19-20H2,1H3,(H,36,40). The molecular formula is C32H32F3N3O3. The quantitative estimate of drug-likeness (QED) is 0.300. The van der Waals surface area contributed by atoms with Crippen LogP contribution in [0.5, 0.6) is 0 Å². The van der Waals surface area contributed by atoms with E-state index in [4.69, 9.17) is 4.74 Å². The first kappa shape index (κ1) is 28.4. The van der Waals surface area contributed by atoms with Crippen LogP contribution in [0.4, 0.5) is 18.9 Å². The van der Waals surface area contributed by atoms with E-state index in [9.17, 15) is 22.8 Å². The van der Waals surface area contributed by atoms with Gasteiger partial charge in [0.15, 0.2) is 6.61 Å². The van der Waals surface area contributed by atoms with Gasteiger partial charge in [0, 0.05) is 11.3 Å². The molecule has 3 aromatic rings. The fourth-order valence-corrected chi connectivity index (χ4v) is 5.12. The summed E-state index contributed by atoms with van der Waals surface area (Å²) in [4.78, 5) is 25.9. The average Bonchev–Trinajstić information content (AvgIpc) is 3.77. The molecule has 1 aliphatic carbocycles. The van der Waals surface area contributed by atoms with Gasteiger partial charge in [-0.1, -0.05) is 61.5 Å². The number of ether oxygens (including phenoxy) is 1. The van der Waals surface area contributed by atoms with Crippen LogP contribution in [-0.2, 0) is 27.3 Å². The van der Waals surface area contributed by atoms with Crippen LogP contribution in [0, 0.1) is 11.8 Å². The van der Waals surface area contributed by atoms with Gasteiger partial charge >= 0.3 is 6.18 Å². The summed E-state index contributed by atoms with van der Waals surface area (Å²) in [6.07, 6.45) is -1.55. The van der Waals surface area contributed by atoms with Gasteiger partial charge < -0.3 is 10.1 Å². The molecular weight excluding hydrogens is 531 g/mol. The van der Waals surface area contributed by atoms with Gasteiger partial charge in [0.2, 0.25) is 11.8 Å². The second-order valence-corrected chi connectivity index (χ2v) is 10.6. The zero-order chi connectivity index (χ0) is 29.0. The van der Waals surface area contributed by atoms with Crippen molar-refractivity contribution in [3.05, 3.63) is 101 Å². The second kappa shape index (κ2) is 12.2. The van der Waals surface area contributed by atoms with E-state index in [0.717, 1.165) is 17.5 Å².